The van der Waals surface area contributed by atoms with Crippen LogP contribution in [0.1, 0.15) is 15.9 Å². The van der Waals surface area contributed by atoms with E-state index >= 15 is 0 Å². The summed E-state index contributed by atoms with van der Waals surface area (Å²) in [4.78, 5) is 12.5. The number of carbonyl (C=O) groups is 1. The molecule has 2 aromatic rings. The van der Waals surface area contributed by atoms with Gasteiger partial charge in [-0.1, -0.05) is 0 Å². The highest BCUT2D eigenvalue weighted by molar-refractivity contribution is 6.06. The van der Waals surface area contributed by atoms with Crippen molar-refractivity contribution in [2.24, 2.45) is 0 Å². The van der Waals surface area contributed by atoms with Crippen LogP contribution < -0.4 is 20.5 Å². The molecule has 1 heterocycles. The summed E-state index contributed by atoms with van der Waals surface area (Å²) >= 11 is 0. The van der Waals surface area contributed by atoms with Gasteiger partial charge in [0.05, 0.1) is 31.2 Å². The minimum atomic E-state index is -0.443. The smallest absolute Gasteiger partial charge is 0.255 e. The number of hydrogen-bond donors (Lipinski definition) is 2. The second kappa shape index (κ2) is 8.03. The van der Waals surface area contributed by atoms with Gasteiger partial charge in [-0.2, -0.15) is 0 Å². The lowest BCUT2D eigenvalue weighted by atomic mass is 10.1. The molecule has 2 aromatic carbocycles. The number of ether oxygens (including phenoxy) is 4. The SMILES string of the molecule is COCCOCc1cc(C(=O)Nc2cc3c(cc2N)OCO3)ccc1F. The first-order valence-electron chi connectivity index (χ1n) is 7.94. The third-order valence-electron chi connectivity index (χ3n) is 3.79. The van der Waals surface area contributed by atoms with E-state index in [0.29, 0.717) is 36.1 Å². The molecule has 0 aliphatic carbocycles. The molecule has 0 radical (unpaired) electrons. The average Bonchev–Trinajstić information content (AvgIpc) is 3.07. The quantitative estimate of drug-likeness (QED) is 0.581. The molecule has 8 heteroatoms. The Labute approximate surface area is 149 Å². The maximum atomic E-state index is 13.9. The van der Waals surface area contributed by atoms with Crippen LogP contribution in [-0.4, -0.2) is 33.0 Å². The van der Waals surface area contributed by atoms with E-state index in [1.165, 1.54) is 18.2 Å². The van der Waals surface area contributed by atoms with Crippen molar-refractivity contribution in [3.8, 4) is 11.5 Å². The van der Waals surface area contributed by atoms with Gasteiger partial charge in [-0.25, -0.2) is 4.39 Å². The van der Waals surface area contributed by atoms with E-state index < -0.39 is 11.7 Å². The van der Waals surface area contributed by atoms with Crippen LogP contribution in [0.15, 0.2) is 30.3 Å². The Bertz CT molecular complexity index is 812. The molecule has 0 saturated carbocycles. The average molecular weight is 362 g/mol. The Balaban J connectivity index is 1.72. The lowest BCUT2D eigenvalue weighted by molar-refractivity contribution is 0.0604. The van der Waals surface area contributed by atoms with E-state index in [2.05, 4.69) is 5.32 Å². The number of amides is 1. The molecular weight excluding hydrogens is 343 g/mol. The number of rotatable bonds is 7. The van der Waals surface area contributed by atoms with Crippen LogP contribution in [-0.2, 0) is 16.1 Å². The first kappa shape index (κ1) is 18.0. The highest BCUT2D eigenvalue weighted by Gasteiger charge is 2.18. The zero-order chi connectivity index (χ0) is 18.5. The summed E-state index contributed by atoms with van der Waals surface area (Å²) in [5.74, 6) is 0.161. The zero-order valence-electron chi connectivity index (χ0n) is 14.2. The molecule has 1 aliphatic heterocycles. The second-order valence-corrected chi connectivity index (χ2v) is 5.60. The number of nitrogen functional groups attached to an aromatic ring is 1. The molecule has 26 heavy (non-hydrogen) atoms. The van der Waals surface area contributed by atoms with Crippen molar-refractivity contribution in [3.05, 3.63) is 47.3 Å². The van der Waals surface area contributed by atoms with Gasteiger partial charge in [0.25, 0.3) is 5.91 Å². The molecule has 3 N–H and O–H groups in total. The van der Waals surface area contributed by atoms with Crippen LogP contribution in [0.2, 0.25) is 0 Å². The van der Waals surface area contributed by atoms with Crippen molar-refractivity contribution in [3.63, 3.8) is 0 Å². The van der Waals surface area contributed by atoms with Crippen LogP contribution in [0.4, 0.5) is 15.8 Å². The summed E-state index contributed by atoms with van der Waals surface area (Å²) < 4.78 is 34.6. The summed E-state index contributed by atoms with van der Waals surface area (Å²) in [5, 5.41) is 2.70. The first-order valence-corrected chi connectivity index (χ1v) is 7.94. The van der Waals surface area contributed by atoms with Crippen molar-refractivity contribution in [2.45, 2.75) is 6.61 Å². The Kier molecular flexibility index (Phi) is 5.55. The molecule has 0 atom stereocenters. The largest absolute Gasteiger partial charge is 0.454 e. The first-order chi connectivity index (χ1) is 12.6. The molecule has 7 nitrogen and oxygen atoms in total. The van der Waals surface area contributed by atoms with Crippen molar-refractivity contribution < 1.29 is 28.1 Å². The van der Waals surface area contributed by atoms with Crippen LogP contribution in [0.5, 0.6) is 11.5 Å². The fourth-order valence-electron chi connectivity index (χ4n) is 2.41. The molecule has 0 unspecified atom stereocenters. The summed E-state index contributed by atoms with van der Waals surface area (Å²) in [7, 11) is 1.55. The number of fused-ring (bicyclic) bond motifs is 1. The monoisotopic (exact) mass is 362 g/mol. The molecule has 0 aromatic heterocycles. The Morgan fingerprint density at radius 2 is 2.00 bits per heavy atom. The van der Waals surface area contributed by atoms with Crippen LogP contribution >= 0.6 is 0 Å². The van der Waals surface area contributed by atoms with Gasteiger partial charge in [-0.05, 0) is 18.2 Å². The molecule has 0 saturated heterocycles. The minimum Gasteiger partial charge on any atom is -0.454 e. The number of carbonyl (C=O) groups excluding carboxylic acids is 1. The highest BCUT2D eigenvalue weighted by atomic mass is 19.1. The zero-order valence-corrected chi connectivity index (χ0v) is 14.2. The number of benzene rings is 2. The maximum Gasteiger partial charge on any atom is 0.255 e. The number of hydrogen-bond acceptors (Lipinski definition) is 6. The molecule has 138 valence electrons. The molecular formula is C18H19FN2O5. The summed E-state index contributed by atoms with van der Waals surface area (Å²) in [6.45, 7) is 0.893. The van der Waals surface area contributed by atoms with Gasteiger partial charge in [-0.15, -0.1) is 0 Å². The highest BCUT2D eigenvalue weighted by Crippen LogP contribution is 2.38. The van der Waals surface area contributed by atoms with Crippen molar-refractivity contribution >= 4 is 17.3 Å². The Morgan fingerprint density at radius 3 is 2.77 bits per heavy atom. The topological polar surface area (TPSA) is 92.0 Å². The van der Waals surface area contributed by atoms with Gasteiger partial charge in [0, 0.05) is 30.4 Å². The van der Waals surface area contributed by atoms with Crippen LogP contribution in [0.25, 0.3) is 0 Å². The predicted octanol–water partition coefficient (Wildman–Crippen LogP) is 2.55. The van der Waals surface area contributed by atoms with Crippen LogP contribution in [0.3, 0.4) is 0 Å². The predicted molar refractivity (Wildman–Crippen MR) is 92.9 cm³/mol. The number of halogens is 1. The normalized spacial score (nSPS) is 12.2. The van der Waals surface area contributed by atoms with Gasteiger partial charge in [-0.3, -0.25) is 4.79 Å². The Morgan fingerprint density at radius 1 is 1.23 bits per heavy atom. The van der Waals surface area contributed by atoms with Crippen molar-refractivity contribution in [2.75, 3.05) is 38.2 Å². The molecule has 0 spiro atoms. The fraction of sp³-hybridized carbons (Fsp3) is 0.278. The Hall–Kier alpha value is -2.84. The van der Waals surface area contributed by atoms with E-state index in [9.17, 15) is 9.18 Å². The minimum absolute atomic E-state index is 0.0441. The summed E-state index contributed by atoms with van der Waals surface area (Å²) in [5.41, 5.74) is 7.23. The van der Waals surface area contributed by atoms with E-state index in [-0.39, 0.29) is 24.5 Å². The standard InChI is InChI=1S/C18H19FN2O5/c1-23-4-5-24-9-12-6-11(2-3-13(12)19)18(22)21-15-8-17-16(7-14(15)20)25-10-26-17/h2-3,6-8H,4-5,9-10,20H2,1H3,(H,21,22). The lowest BCUT2D eigenvalue weighted by Crippen LogP contribution is -2.14. The molecule has 3 rings (SSSR count). The maximum absolute atomic E-state index is 13.9. The fourth-order valence-corrected chi connectivity index (χ4v) is 2.41. The van der Waals surface area contributed by atoms with Gasteiger partial charge in [0.2, 0.25) is 6.79 Å². The summed E-state index contributed by atoms with van der Waals surface area (Å²) in [6.07, 6.45) is 0. The molecule has 0 fully saturated rings. The van der Waals surface area contributed by atoms with Gasteiger partial charge in [0.1, 0.15) is 5.82 Å². The number of methoxy groups -OCH3 is 1. The number of nitrogens with one attached hydrogen (secondary N) is 1. The van der Waals surface area contributed by atoms with Gasteiger partial charge >= 0.3 is 0 Å². The third-order valence-corrected chi connectivity index (χ3v) is 3.79. The molecule has 0 bridgehead atoms. The molecule has 1 amide bonds. The van der Waals surface area contributed by atoms with Crippen molar-refractivity contribution in [1.29, 1.82) is 0 Å². The molecule has 1 aliphatic rings. The van der Waals surface area contributed by atoms with Crippen LogP contribution in [0, 0.1) is 5.82 Å². The van der Waals surface area contributed by atoms with E-state index in [4.69, 9.17) is 24.7 Å². The van der Waals surface area contributed by atoms with Gasteiger partial charge in [0.15, 0.2) is 11.5 Å². The summed E-state index contributed by atoms with van der Waals surface area (Å²) in [6, 6.07) is 7.24. The van der Waals surface area contributed by atoms with Gasteiger partial charge < -0.3 is 30.0 Å². The number of anilines is 2. The van der Waals surface area contributed by atoms with E-state index in [0.717, 1.165) is 0 Å². The number of nitrogens with two attached hydrogens (primary N) is 1. The van der Waals surface area contributed by atoms with Crippen molar-refractivity contribution in [1.82, 2.24) is 0 Å². The van der Waals surface area contributed by atoms with E-state index in [1.807, 2.05) is 0 Å². The lowest BCUT2D eigenvalue weighted by Gasteiger charge is -2.11. The third kappa shape index (κ3) is 4.04. The van der Waals surface area contributed by atoms with E-state index in [1.54, 1.807) is 19.2 Å². The second-order valence-electron chi connectivity index (χ2n) is 5.60.